The van der Waals surface area contributed by atoms with Crippen molar-refractivity contribution in [3.63, 3.8) is 0 Å². The van der Waals surface area contributed by atoms with Crippen LogP contribution in [-0.4, -0.2) is 28.7 Å². The van der Waals surface area contributed by atoms with E-state index in [1.54, 1.807) is 0 Å². The van der Waals surface area contributed by atoms with E-state index in [0.717, 1.165) is 51.4 Å². The van der Waals surface area contributed by atoms with Crippen molar-refractivity contribution in [2.75, 3.05) is 0 Å². The maximum atomic E-state index is 12.2. The Morgan fingerprint density at radius 3 is 2.55 bits per heavy atom. The van der Waals surface area contributed by atoms with Gasteiger partial charge in [0.15, 0.2) is 0 Å². The van der Waals surface area contributed by atoms with Crippen LogP contribution in [0.15, 0.2) is 0 Å². The van der Waals surface area contributed by atoms with Crippen molar-refractivity contribution in [1.82, 2.24) is 0 Å². The van der Waals surface area contributed by atoms with E-state index in [4.69, 9.17) is 0 Å². The Hall–Kier alpha value is -0.410. The highest BCUT2D eigenvalue weighted by Gasteiger charge is 2.61. The number of hydrogen-bond donors (Lipinski definition) is 2. The molecule has 0 aromatic carbocycles. The number of aliphatic hydroxyl groups is 2. The third kappa shape index (κ3) is 1.84. The van der Waals surface area contributed by atoms with E-state index < -0.39 is 0 Å². The molecular weight excluding hydrogens is 276 g/mol. The van der Waals surface area contributed by atoms with E-state index in [1.165, 1.54) is 12.7 Å². The summed E-state index contributed by atoms with van der Waals surface area (Å²) in [6.07, 6.45) is 10.0. The third-order valence-electron chi connectivity index (χ3n) is 8.37. The van der Waals surface area contributed by atoms with E-state index >= 15 is 0 Å². The summed E-state index contributed by atoms with van der Waals surface area (Å²) in [5.41, 5.74) is -0.0801. The number of aliphatic hydroxyl groups excluding tert-OH is 2. The molecule has 3 heteroatoms. The van der Waals surface area contributed by atoms with Gasteiger partial charge in [0, 0.05) is 5.41 Å². The van der Waals surface area contributed by atoms with Gasteiger partial charge in [-0.25, -0.2) is 0 Å². The Morgan fingerprint density at radius 1 is 0.955 bits per heavy atom. The predicted octanol–water partition coefficient (Wildman–Crippen LogP) is 2.93. The van der Waals surface area contributed by atoms with Gasteiger partial charge in [-0.3, -0.25) is 0 Å². The highest BCUT2D eigenvalue weighted by molar-refractivity contribution is 5.61. The summed E-state index contributed by atoms with van der Waals surface area (Å²) in [6, 6.07) is 0. The molecule has 0 amide bonds. The van der Waals surface area contributed by atoms with E-state index in [-0.39, 0.29) is 23.0 Å². The molecule has 0 aromatic rings. The van der Waals surface area contributed by atoms with E-state index in [9.17, 15) is 15.0 Å². The van der Waals surface area contributed by atoms with E-state index in [2.05, 4.69) is 6.92 Å². The summed E-state index contributed by atoms with van der Waals surface area (Å²) in [5, 5.41) is 20.5. The van der Waals surface area contributed by atoms with Gasteiger partial charge in [0.05, 0.1) is 12.2 Å². The van der Waals surface area contributed by atoms with Crippen molar-refractivity contribution in [3.8, 4) is 0 Å². The molecule has 22 heavy (non-hydrogen) atoms. The second-order valence-corrected chi connectivity index (χ2v) is 8.95. The van der Waals surface area contributed by atoms with Crippen LogP contribution in [0.5, 0.6) is 0 Å². The normalized spacial score (nSPS) is 57.6. The molecule has 0 radical (unpaired) electrons. The van der Waals surface area contributed by atoms with Crippen LogP contribution in [0.3, 0.4) is 0 Å². The molecule has 3 nitrogen and oxygen atoms in total. The molecule has 4 aliphatic carbocycles. The topological polar surface area (TPSA) is 57.5 Å². The van der Waals surface area contributed by atoms with Crippen LogP contribution in [0.2, 0.25) is 0 Å². The summed E-state index contributed by atoms with van der Waals surface area (Å²) >= 11 is 0. The molecular formula is C19H30O3. The van der Waals surface area contributed by atoms with Crippen molar-refractivity contribution >= 4 is 6.29 Å². The Balaban J connectivity index is 1.66. The highest BCUT2D eigenvalue weighted by Crippen LogP contribution is 2.65. The molecule has 4 saturated carbocycles. The zero-order valence-corrected chi connectivity index (χ0v) is 13.7. The number of rotatable bonds is 1. The minimum absolute atomic E-state index is 0.0895. The first-order chi connectivity index (χ1) is 10.5. The second kappa shape index (κ2) is 5.04. The van der Waals surface area contributed by atoms with Gasteiger partial charge in [0.2, 0.25) is 0 Å². The number of carbonyl (C=O) groups excluding carboxylic acids is 1. The molecule has 0 heterocycles. The lowest BCUT2D eigenvalue weighted by Crippen LogP contribution is -2.56. The predicted molar refractivity (Wildman–Crippen MR) is 84.1 cm³/mol. The smallest absolute Gasteiger partial charge is 0.126 e. The largest absolute Gasteiger partial charge is 0.393 e. The molecule has 4 rings (SSSR count). The molecule has 2 N–H and O–H groups in total. The minimum Gasteiger partial charge on any atom is -0.393 e. The summed E-state index contributed by atoms with van der Waals surface area (Å²) in [5.74, 6) is 2.11. The van der Waals surface area contributed by atoms with Crippen LogP contribution >= 0.6 is 0 Å². The summed E-state index contributed by atoms with van der Waals surface area (Å²) in [6.45, 7) is 2.29. The lowest BCUT2D eigenvalue weighted by atomic mass is 9.45. The SMILES string of the molecule is C[C@]12CC[C@H]3[C@@H](CC[C@@H]4C[C@@H](O)CC[C@@]43C=O)[C@@H]1CC[C@@H]2O. The van der Waals surface area contributed by atoms with Crippen LogP contribution in [0.4, 0.5) is 0 Å². The van der Waals surface area contributed by atoms with Crippen LogP contribution < -0.4 is 0 Å². The fraction of sp³-hybridized carbons (Fsp3) is 0.947. The van der Waals surface area contributed by atoms with Gasteiger partial charge in [0.25, 0.3) is 0 Å². The molecule has 8 atom stereocenters. The molecule has 0 aliphatic heterocycles. The first-order valence-corrected chi connectivity index (χ1v) is 9.34. The lowest BCUT2D eigenvalue weighted by molar-refractivity contribution is -0.155. The zero-order valence-electron chi connectivity index (χ0n) is 13.7. The van der Waals surface area contributed by atoms with Crippen molar-refractivity contribution in [2.45, 2.75) is 76.9 Å². The van der Waals surface area contributed by atoms with Gasteiger partial charge >= 0.3 is 0 Å². The maximum Gasteiger partial charge on any atom is 0.126 e. The first-order valence-electron chi connectivity index (χ1n) is 9.34. The standard InChI is InChI=1S/C19H30O3/c1-18-8-7-16-14(15(18)4-5-17(18)22)3-2-12-10-13(21)6-9-19(12,16)11-20/h11-17,21-22H,2-10H2,1H3/t12-,13+,14+,15+,16+,17+,18+,19-/m1/s1. The molecule has 0 spiro atoms. The molecule has 4 aliphatic rings. The number of fused-ring (bicyclic) bond motifs is 5. The van der Waals surface area contributed by atoms with E-state index in [1.807, 2.05) is 0 Å². The second-order valence-electron chi connectivity index (χ2n) is 8.95. The summed E-state index contributed by atoms with van der Waals surface area (Å²) < 4.78 is 0. The molecule has 0 unspecified atom stereocenters. The van der Waals surface area contributed by atoms with Gasteiger partial charge in [0.1, 0.15) is 6.29 Å². The Kier molecular flexibility index (Phi) is 3.47. The van der Waals surface area contributed by atoms with Crippen molar-refractivity contribution in [2.24, 2.45) is 34.5 Å². The summed E-state index contributed by atoms with van der Waals surface area (Å²) in [7, 11) is 0. The lowest BCUT2D eigenvalue weighted by Gasteiger charge is -2.59. The zero-order chi connectivity index (χ0) is 15.5. The average molecular weight is 306 g/mol. The van der Waals surface area contributed by atoms with Gasteiger partial charge in [-0.1, -0.05) is 6.92 Å². The number of hydrogen-bond acceptors (Lipinski definition) is 3. The first kappa shape index (κ1) is 15.1. The van der Waals surface area contributed by atoms with Crippen LogP contribution in [0, 0.1) is 34.5 Å². The summed E-state index contributed by atoms with van der Waals surface area (Å²) in [4.78, 5) is 12.2. The minimum atomic E-state index is -0.197. The molecule has 0 bridgehead atoms. The monoisotopic (exact) mass is 306 g/mol. The Labute approximate surface area is 133 Å². The van der Waals surface area contributed by atoms with Crippen molar-refractivity contribution in [1.29, 1.82) is 0 Å². The van der Waals surface area contributed by atoms with Crippen molar-refractivity contribution in [3.05, 3.63) is 0 Å². The van der Waals surface area contributed by atoms with Crippen LogP contribution in [-0.2, 0) is 4.79 Å². The molecule has 0 saturated heterocycles. The molecule has 124 valence electrons. The quantitative estimate of drug-likeness (QED) is 0.732. The Morgan fingerprint density at radius 2 is 1.77 bits per heavy atom. The fourth-order valence-corrected chi connectivity index (χ4v) is 7.13. The van der Waals surface area contributed by atoms with Gasteiger partial charge in [-0.15, -0.1) is 0 Å². The molecule has 4 fully saturated rings. The number of aldehydes is 1. The Bertz CT molecular complexity index is 464. The average Bonchev–Trinajstić information content (AvgIpc) is 2.82. The van der Waals surface area contributed by atoms with Crippen LogP contribution in [0.1, 0.15) is 64.7 Å². The van der Waals surface area contributed by atoms with Gasteiger partial charge < -0.3 is 15.0 Å². The molecule has 0 aromatic heterocycles. The van der Waals surface area contributed by atoms with Gasteiger partial charge in [-0.2, -0.15) is 0 Å². The number of carbonyl (C=O) groups is 1. The van der Waals surface area contributed by atoms with E-state index in [0.29, 0.717) is 23.7 Å². The maximum absolute atomic E-state index is 12.2. The van der Waals surface area contributed by atoms with Gasteiger partial charge in [-0.05, 0) is 86.9 Å². The third-order valence-corrected chi connectivity index (χ3v) is 8.37. The fourth-order valence-electron chi connectivity index (χ4n) is 7.13. The van der Waals surface area contributed by atoms with Crippen molar-refractivity contribution < 1.29 is 15.0 Å². The van der Waals surface area contributed by atoms with Crippen LogP contribution in [0.25, 0.3) is 0 Å². The highest BCUT2D eigenvalue weighted by atomic mass is 16.3.